The van der Waals surface area contributed by atoms with Gasteiger partial charge < -0.3 is 0 Å². The molecule has 0 amide bonds. The topological polar surface area (TPSA) is 28.5 Å². The van der Waals surface area contributed by atoms with Crippen LogP contribution in [0.5, 0.6) is 0 Å². The number of fused-ring (bicyclic) bond motifs is 2. The summed E-state index contributed by atoms with van der Waals surface area (Å²) in [6.07, 6.45) is 9.43. The van der Waals surface area contributed by atoms with Crippen molar-refractivity contribution in [2.45, 2.75) is 52.5 Å². The molecule has 1 aliphatic rings. The highest BCUT2D eigenvalue weighted by Gasteiger charge is 2.22. The van der Waals surface area contributed by atoms with Crippen molar-refractivity contribution in [3.05, 3.63) is 113 Å². The lowest BCUT2D eigenvalue weighted by Gasteiger charge is -2.27. The molecule has 1 atom stereocenters. The molecule has 1 heterocycles. The molecule has 1 aliphatic carbocycles. The Hall–Kier alpha value is -3.46. The van der Waals surface area contributed by atoms with Crippen LogP contribution in [0, 0.1) is 5.92 Å². The molecule has 5 rings (SSSR count). The van der Waals surface area contributed by atoms with Gasteiger partial charge in [0.15, 0.2) is 0 Å². The number of pyridine rings is 1. The van der Waals surface area contributed by atoms with Gasteiger partial charge in [0.2, 0.25) is 0 Å². The van der Waals surface area contributed by atoms with Gasteiger partial charge in [-0.2, -0.15) is 5.10 Å². The van der Waals surface area contributed by atoms with E-state index in [9.17, 15) is 0 Å². The average molecular weight is 462 g/mol. The number of hydrogen-bond acceptors (Lipinski definition) is 3. The molecule has 0 saturated carbocycles. The summed E-state index contributed by atoms with van der Waals surface area (Å²) in [7, 11) is 0. The van der Waals surface area contributed by atoms with Gasteiger partial charge >= 0.3 is 0 Å². The van der Waals surface area contributed by atoms with Crippen molar-refractivity contribution in [1.29, 1.82) is 0 Å². The highest BCUT2D eigenvalue weighted by atomic mass is 15.4. The number of benzene rings is 3. The molecule has 0 aliphatic heterocycles. The monoisotopic (exact) mass is 461 g/mol. The number of nitrogens with zero attached hydrogens (tertiary/aromatic N) is 3. The molecule has 3 heteroatoms. The molecule has 0 N–H and O–H groups in total. The molecule has 0 bridgehead atoms. The third-order valence-electron chi connectivity index (χ3n) is 7.36. The van der Waals surface area contributed by atoms with Crippen LogP contribution in [-0.4, -0.2) is 22.8 Å². The van der Waals surface area contributed by atoms with Gasteiger partial charge in [-0.05, 0) is 90.1 Å². The quantitative estimate of drug-likeness (QED) is 0.209. The van der Waals surface area contributed by atoms with Crippen LogP contribution < -0.4 is 0 Å². The van der Waals surface area contributed by atoms with Crippen molar-refractivity contribution >= 4 is 17.0 Å². The molecule has 0 fully saturated rings. The molecule has 1 aromatic heterocycles. The van der Waals surface area contributed by atoms with Crippen molar-refractivity contribution in [3.63, 3.8) is 0 Å². The van der Waals surface area contributed by atoms with Crippen LogP contribution in [0.15, 0.2) is 84.1 Å². The van der Waals surface area contributed by atoms with E-state index in [1.807, 2.05) is 19.3 Å². The van der Waals surface area contributed by atoms with Crippen molar-refractivity contribution in [1.82, 2.24) is 9.99 Å². The first kappa shape index (κ1) is 23.3. The summed E-state index contributed by atoms with van der Waals surface area (Å²) >= 11 is 0. The molecule has 0 radical (unpaired) electrons. The third-order valence-corrected chi connectivity index (χ3v) is 7.36. The Labute approximate surface area is 209 Å². The minimum atomic E-state index is 0.671. The van der Waals surface area contributed by atoms with Crippen LogP contribution in [0.4, 0.5) is 0 Å². The lowest BCUT2D eigenvalue weighted by Crippen LogP contribution is -2.21. The average Bonchev–Trinajstić information content (AvgIpc) is 2.89. The van der Waals surface area contributed by atoms with Gasteiger partial charge in [0.25, 0.3) is 0 Å². The Kier molecular flexibility index (Phi) is 7.23. The Bertz CT molecular complexity index is 1320. The van der Waals surface area contributed by atoms with E-state index in [0.29, 0.717) is 5.92 Å². The zero-order valence-electron chi connectivity index (χ0n) is 21.0. The SMILES string of the molecule is C/C=N\N(CC)Cc1ccccc1CC1CCc2c(ccnc2Cc2ccc3ccccc3c2)C1. The summed E-state index contributed by atoms with van der Waals surface area (Å²) in [6.45, 7) is 5.94. The number of hydrazone groups is 1. The van der Waals surface area contributed by atoms with Gasteiger partial charge in [-0.3, -0.25) is 9.99 Å². The zero-order chi connectivity index (χ0) is 24.0. The number of aromatic nitrogens is 1. The maximum atomic E-state index is 4.83. The van der Waals surface area contributed by atoms with E-state index in [1.165, 1.54) is 50.7 Å². The van der Waals surface area contributed by atoms with Crippen LogP contribution in [-0.2, 0) is 32.2 Å². The standard InChI is InChI=1S/C32H35N3/c1-3-34-35(4-2)23-30-12-8-7-11-28(30)19-24-14-16-31-29(21-24)17-18-33-32(31)22-25-13-15-26-9-5-6-10-27(26)20-25/h3,5-13,15,17-18,20,24H,4,14,16,19,21-23H2,1-2H3/b34-3-. The van der Waals surface area contributed by atoms with Gasteiger partial charge in [-0.1, -0.05) is 66.7 Å². The predicted octanol–water partition coefficient (Wildman–Crippen LogP) is 7.00. The fraction of sp³-hybridized carbons (Fsp3) is 0.312. The molecular formula is C32H35N3. The van der Waals surface area contributed by atoms with Crippen molar-refractivity contribution in [2.24, 2.45) is 11.0 Å². The molecule has 3 nitrogen and oxygen atoms in total. The summed E-state index contributed by atoms with van der Waals surface area (Å²) < 4.78 is 0. The molecule has 4 aromatic rings. The molecule has 178 valence electrons. The molecule has 35 heavy (non-hydrogen) atoms. The van der Waals surface area contributed by atoms with Crippen LogP contribution in [0.1, 0.15) is 53.8 Å². The number of rotatable bonds is 8. The van der Waals surface area contributed by atoms with E-state index in [-0.39, 0.29) is 0 Å². The van der Waals surface area contributed by atoms with Crippen LogP contribution >= 0.6 is 0 Å². The fourth-order valence-electron chi connectivity index (χ4n) is 5.52. The van der Waals surface area contributed by atoms with Crippen molar-refractivity contribution < 1.29 is 0 Å². The Morgan fingerprint density at radius 2 is 1.77 bits per heavy atom. The predicted molar refractivity (Wildman–Crippen MR) is 147 cm³/mol. The second-order valence-corrected chi connectivity index (χ2v) is 9.69. The summed E-state index contributed by atoms with van der Waals surface area (Å²) in [4.78, 5) is 4.83. The molecular weight excluding hydrogens is 426 g/mol. The van der Waals surface area contributed by atoms with E-state index in [4.69, 9.17) is 4.98 Å². The van der Waals surface area contributed by atoms with Crippen LogP contribution in [0.3, 0.4) is 0 Å². The first-order valence-electron chi connectivity index (χ1n) is 13.0. The van der Waals surface area contributed by atoms with E-state index < -0.39 is 0 Å². The maximum Gasteiger partial charge on any atom is 0.0613 e. The zero-order valence-corrected chi connectivity index (χ0v) is 21.0. The fourth-order valence-corrected chi connectivity index (χ4v) is 5.52. The normalized spacial score (nSPS) is 15.4. The lowest BCUT2D eigenvalue weighted by molar-refractivity contribution is 0.295. The molecule has 1 unspecified atom stereocenters. The Morgan fingerprint density at radius 1 is 0.971 bits per heavy atom. The Balaban J connectivity index is 1.31. The van der Waals surface area contributed by atoms with Crippen molar-refractivity contribution in [2.75, 3.05) is 6.54 Å². The molecule has 3 aromatic carbocycles. The summed E-state index contributed by atoms with van der Waals surface area (Å²) in [5, 5.41) is 9.26. The number of hydrogen-bond donors (Lipinski definition) is 0. The van der Waals surface area contributed by atoms with E-state index >= 15 is 0 Å². The van der Waals surface area contributed by atoms with E-state index in [2.05, 4.69) is 89.8 Å². The molecule has 0 spiro atoms. The summed E-state index contributed by atoms with van der Waals surface area (Å²) in [5.41, 5.74) is 8.45. The highest BCUT2D eigenvalue weighted by molar-refractivity contribution is 5.83. The van der Waals surface area contributed by atoms with Crippen molar-refractivity contribution in [3.8, 4) is 0 Å². The first-order valence-corrected chi connectivity index (χ1v) is 13.0. The Morgan fingerprint density at radius 3 is 2.60 bits per heavy atom. The second kappa shape index (κ2) is 10.9. The van der Waals surface area contributed by atoms with Crippen LogP contribution in [0.2, 0.25) is 0 Å². The summed E-state index contributed by atoms with van der Waals surface area (Å²) in [6, 6.07) is 26.6. The highest BCUT2D eigenvalue weighted by Crippen LogP contribution is 2.31. The van der Waals surface area contributed by atoms with Crippen LogP contribution in [0.25, 0.3) is 10.8 Å². The minimum Gasteiger partial charge on any atom is -0.293 e. The largest absolute Gasteiger partial charge is 0.293 e. The minimum absolute atomic E-state index is 0.671. The third kappa shape index (κ3) is 5.45. The van der Waals surface area contributed by atoms with E-state index in [1.54, 1.807) is 0 Å². The summed E-state index contributed by atoms with van der Waals surface area (Å²) in [5.74, 6) is 0.671. The maximum absolute atomic E-state index is 4.83. The van der Waals surface area contributed by atoms with E-state index in [0.717, 1.165) is 38.8 Å². The lowest BCUT2D eigenvalue weighted by atomic mass is 9.79. The second-order valence-electron chi connectivity index (χ2n) is 9.69. The van der Waals surface area contributed by atoms with Gasteiger partial charge in [-0.25, -0.2) is 0 Å². The molecule has 0 saturated heterocycles. The first-order chi connectivity index (χ1) is 17.2. The smallest absolute Gasteiger partial charge is 0.0613 e. The van der Waals surface area contributed by atoms with Gasteiger partial charge in [-0.15, -0.1) is 0 Å². The van der Waals surface area contributed by atoms with Gasteiger partial charge in [0.05, 0.1) is 6.54 Å². The van der Waals surface area contributed by atoms with Gasteiger partial charge in [0.1, 0.15) is 0 Å². The van der Waals surface area contributed by atoms with Gasteiger partial charge in [0, 0.05) is 31.1 Å².